The van der Waals surface area contributed by atoms with Gasteiger partial charge in [-0.15, -0.1) is 0 Å². The van der Waals surface area contributed by atoms with Gasteiger partial charge in [0, 0.05) is 7.05 Å². The Hall–Kier alpha value is -2.89. The topological polar surface area (TPSA) is 70.1 Å². The van der Waals surface area contributed by atoms with Crippen molar-refractivity contribution in [2.24, 2.45) is 7.05 Å². The third kappa shape index (κ3) is 2.52. The van der Waals surface area contributed by atoms with Crippen LogP contribution in [0.25, 0.3) is 10.9 Å². The molecule has 0 aliphatic carbocycles. The number of aromatic nitrogens is 2. The molecule has 0 aliphatic heterocycles. The maximum Gasteiger partial charge on any atom is 0.305 e. The standard InChI is InChI=1S/C17H16FN3O2/c1-9-7-11(19)15(18)13(8-9)23-17-20-12-6-4-5-10(2)14(12)16(22)21(17)3/h4-8H,19H2,1-3H3. The summed E-state index contributed by atoms with van der Waals surface area (Å²) in [5, 5.41) is 0.520. The van der Waals surface area contributed by atoms with Crippen molar-refractivity contribution in [3.63, 3.8) is 0 Å². The van der Waals surface area contributed by atoms with Gasteiger partial charge in [0.2, 0.25) is 0 Å². The molecule has 1 heterocycles. The number of nitrogen functional groups attached to an aromatic ring is 1. The van der Waals surface area contributed by atoms with Crippen molar-refractivity contribution in [1.29, 1.82) is 0 Å². The van der Waals surface area contributed by atoms with Gasteiger partial charge in [0.05, 0.1) is 16.6 Å². The maximum absolute atomic E-state index is 14.1. The number of hydrogen-bond acceptors (Lipinski definition) is 4. The molecule has 118 valence electrons. The van der Waals surface area contributed by atoms with Crippen molar-refractivity contribution in [3.05, 3.63) is 57.6 Å². The van der Waals surface area contributed by atoms with Crippen LogP contribution in [0.4, 0.5) is 10.1 Å². The zero-order valence-corrected chi connectivity index (χ0v) is 13.1. The Labute approximate surface area is 132 Å². The first-order valence-corrected chi connectivity index (χ1v) is 7.08. The molecular formula is C17H16FN3O2. The lowest BCUT2D eigenvalue weighted by molar-refractivity contribution is 0.391. The number of aryl methyl sites for hydroxylation is 2. The zero-order valence-electron chi connectivity index (χ0n) is 13.1. The van der Waals surface area contributed by atoms with E-state index < -0.39 is 5.82 Å². The Bertz CT molecular complexity index is 980. The molecule has 6 heteroatoms. The first kappa shape index (κ1) is 15.0. The largest absolute Gasteiger partial charge is 0.422 e. The van der Waals surface area contributed by atoms with Gasteiger partial charge in [-0.2, -0.15) is 4.98 Å². The predicted octanol–water partition coefficient (Wildman–Crippen LogP) is 3.06. The lowest BCUT2D eigenvalue weighted by atomic mass is 10.1. The lowest BCUT2D eigenvalue weighted by Crippen LogP contribution is -2.20. The quantitative estimate of drug-likeness (QED) is 0.738. The minimum absolute atomic E-state index is 0.0111. The van der Waals surface area contributed by atoms with Crippen LogP contribution < -0.4 is 16.0 Å². The van der Waals surface area contributed by atoms with Crippen molar-refractivity contribution in [1.82, 2.24) is 9.55 Å². The molecule has 0 saturated heterocycles. The van der Waals surface area contributed by atoms with Crippen LogP contribution in [0.5, 0.6) is 11.8 Å². The minimum Gasteiger partial charge on any atom is -0.422 e. The van der Waals surface area contributed by atoms with Crippen molar-refractivity contribution < 1.29 is 9.13 Å². The molecule has 0 saturated carbocycles. The first-order valence-electron chi connectivity index (χ1n) is 7.08. The first-order chi connectivity index (χ1) is 10.9. The number of nitrogens with two attached hydrogens (primary N) is 1. The van der Waals surface area contributed by atoms with Crippen molar-refractivity contribution >= 4 is 16.6 Å². The highest BCUT2D eigenvalue weighted by molar-refractivity contribution is 5.81. The summed E-state index contributed by atoms with van der Waals surface area (Å²) in [5.41, 5.74) is 7.43. The number of ether oxygens (including phenoxy) is 1. The Balaban J connectivity index is 2.19. The monoisotopic (exact) mass is 313 g/mol. The molecule has 0 fully saturated rings. The zero-order chi connectivity index (χ0) is 16.7. The van der Waals surface area contributed by atoms with Crippen LogP contribution in [0.1, 0.15) is 11.1 Å². The van der Waals surface area contributed by atoms with Crippen LogP contribution >= 0.6 is 0 Å². The Morgan fingerprint density at radius 1 is 1.26 bits per heavy atom. The highest BCUT2D eigenvalue weighted by Crippen LogP contribution is 2.28. The van der Waals surface area contributed by atoms with Crippen LogP contribution in [0.3, 0.4) is 0 Å². The molecule has 0 spiro atoms. The molecule has 5 nitrogen and oxygen atoms in total. The molecule has 2 aromatic carbocycles. The second-order valence-corrected chi connectivity index (χ2v) is 5.50. The maximum atomic E-state index is 14.1. The third-order valence-corrected chi connectivity index (χ3v) is 3.69. The summed E-state index contributed by atoms with van der Waals surface area (Å²) in [6.07, 6.45) is 0. The average molecular weight is 313 g/mol. The van der Waals surface area contributed by atoms with Crippen molar-refractivity contribution in [3.8, 4) is 11.8 Å². The van der Waals surface area contributed by atoms with Crippen LogP contribution in [-0.4, -0.2) is 9.55 Å². The van der Waals surface area contributed by atoms with Gasteiger partial charge in [0.15, 0.2) is 11.6 Å². The number of rotatable bonds is 2. The van der Waals surface area contributed by atoms with E-state index in [9.17, 15) is 9.18 Å². The third-order valence-electron chi connectivity index (χ3n) is 3.69. The molecule has 3 rings (SSSR count). The van der Waals surface area contributed by atoms with Crippen LogP contribution in [0.15, 0.2) is 35.1 Å². The summed E-state index contributed by atoms with van der Waals surface area (Å²) in [5.74, 6) is -0.730. The van der Waals surface area contributed by atoms with E-state index >= 15 is 0 Å². The molecule has 1 aromatic heterocycles. The number of benzene rings is 2. The van der Waals surface area contributed by atoms with E-state index in [0.29, 0.717) is 10.9 Å². The van der Waals surface area contributed by atoms with Gasteiger partial charge in [-0.1, -0.05) is 12.1 Å². The van der Waals surface area contributed by atoms with Gasteiger partial charge in [-0.3, -0.25) is 9.36 Å². The SMILES string of the molecule is Cc1cc(N)c(F)c(Oc2nc3cccc(C)c3c(=O)n2C)c1. The summed E-state index contributed by atoms with van der Waals surface area (Å²) >= 11 is 0. The Morgan fingerprint density at radius 2 is 2.00 bits per heavy atom. The number of nitrogens with zero attached hydrogens (tertiary/aromatic N) is 2. The molecule has 0 radical (unpaired) electrons. The average Bonchev–Trinajstić information content (AvgIpc) is 2.49. The predicted molar refractivity (Wildman–Crippen MR) is 87.3 cm³/mol. The fourth-order valence-corrected chi connectivity index (χ4v) is 2.48. The molecule has 0 atom stereocenters. The Kier molecular flexibility index (Phi) is 3.52. The highest BCUT2D eigenvalue weighted by Gasteiger charge is 2.15. The van der Waals surface area contributed by atoms with E-state index in [1.165, 1.54) is 23.7 Å². The van der Waals surface area contributed by atoms with Gasteiger partial charge in [-0.05, 0) is 43.2 Å². The Morgan fingerprint density at radius 3 is 2.74 bits per heavy atom. The normalized spacial score (nSPS) is 11.0. The van der Waals surface area contributed by atoms with Gasteiger partial charge < -0.3 is 10.5 Å². The molecular weight excluding hydrogens is 297 g/mol. The van der Waals surface area contributed by atoms with Gasteiger partial charge in [-0.25, -0.2) is 4.39 Å². The van der Waals surface area contributed by atoms with E-state index in [0.717, 1.165) is 11.1 Å². The lowest BCUT2D eigenvalue weighted by Gasteiger charge is -2.12. The van der Waals surface area contributed by atoms with Crippen LogP contribution in [0, 0.1) is 19.7 Å². The molecule has 0 bridgehead atoms. The van der Waals surface area contributed by atoms with E-state index in [2.05, 4.69) is 4.98 Å². The van der Waals surface area contributed by atoms with E-state index in [4.69, 9.17) is 10.5 Å². The van der Waals surface area contributed by atoms with E-state index in [1.54, 1.807) is 19.1 Å². The highest BCUT2D eigenvalue weighted by atomic mass is 19.1. The summed E-state index contributed by atoms with van der Waals surface area (Å²) in [7, 11) is 1.54. The van der Waals surface area contributed by atoms with Crippen molar-refractivity contribution in [2.45, 2.75) is 13.8 Å². The van der Waals surface area contributed by atoms with Crippen molar-refractivity contribution in [2.75, 3.05) is 5.73 Å². The molecule has 23 heavy (non-hydrogen) atoms. The van der Waals surface area contributed by atoms with Crippen LogP contribution in [-0.2, 0) is 7.05 Å². The summed E-state index contributed by atoms with van der Waals surface area (Å²) in [4.78, 5) is 16.8. The van der Waals surface area contributed by atoms with Gasteiger partial charge in [0.25, 0.3) is 5.56 Å². The number of halogens is 1. The fourth-order valence-electron chi connectivity index (χ4n) is 2.48. The number of anilines is 1. The molecule has 0 unspecified atom stereocenters. The number of hydrogen-bond donors (Lipinski definition) is 1. The fraction of sp³-hybridized carbons (Fsp3) is 0.176. The smallest absolute Gasteiger partial charge is 0.305 e. The summed E-state index contributed by atoms with van der Waals surface area (Å²) in [6.45, 7) is 3.62. The summed E-state index contributed by atoms with van der Waals surface area (Å²) in [6, 6.07) is 8.40. The van der Waals surface area contributed by atoms with Gasteiger partial charge >= 0.3 is 6.01 Å². The molecule has 0 amide bonds. The number of fused-ring (bicyclic) bond motifs is 1. The summed E-state index contributed by atoms with van der Waals surface area (Å²) < 4.78 is 20.9. The van der Waals surface area contributed by atoms with E-state index in [1.807, 2.05) is 13.0 Å². The second kappa shape index (κ2) is 5.39. The second-order valence-electron chi connectivity index (χ2n) is 5.50. The van der Waals surface area contributed by atoms with E-state index in [-0.39, 0.29) is 23.0 Å². The minimum atomic E-state index is -0.672. The van der Waals surface area contributed by atoms with Gasteiger partial charge in [0.1, 0.15) is 0 Å². The molecule has 2 N–H and O–H groups in total. The molecule has 0 aliphatic rings. The van der Waals surface area contributed by atoms with Crippen LogP contribution in [0.2, 0.25) is 0 Å². The molecule has 3 aromatic rings.